The van der Waals surface area contributed by atoms with Crippen molar-refractivity contribution in [2.75, 3.05) is 44.7 Å². The maximum Gasteiger partial charge on any atom is 0.270 e. The molecule has 0 aliphatic carbocycles. The molecule has 0 atom stereocenters. The molecule has 3 heterocycles. The fourth-order valence-electron chi connectivity index (χ4n) is 5.19. The van der Waals surface area contributed by atoms with E-state index in [4.69, 9.17) is 12.2 Å². The average Bonchev–Trinajstić information content (AvgIpc) is 3.17. The molecule has 2 aliphatic heterocycles. The SMILES string of the molecule is CCCCCCCCCCCCN1C(=O)/C(=C/c2c(C)c(C#N)c(=O)n(C)c2N2CCN(C)CC2)SC1=S. The molecule has 1 aromatic heterocycles. The summed E-state index contributed by atoms with van der Waals surface area (Å²) >= 11 is 6.90. The third-order valence-electron chi connectivity index (χ3n) is 7.66. The fourth-order valence-corrected chi connectivity index (χ4v) is 6.48. The van der Waals surface area contributed by atoms with Crippen molar-refractivity contribution in [3.8, 4) is 6.07 Å². The van der Waals surface area contributed by atoms with Crippen molar-refractivity contribution < 1.29 is 4.79 Å². The minimum absolute atomic E-state index is 0.0768. The number of carbonyl (C=O) groups excluding carboxylic acids is 1. The van der Waals surface area contributed by atoms with Gasteiger partial charge in [-0.1, -0.05) is 88.7 Å². The van der Waals surface area contributed by atoms with Crippen LogP contribution in [0.1, 0.15) is 87.8 Å². The standard InChI is InChI=1S/C29H43N5O2S2/c1-5-6-7-8-9-10-11-12-13-14-15-34-28(36)25(38-29(34)37)20-23-22(2)24(21-30)27(35)32(4)26(23)33-18-16-31(3)17-19-33/h20H,5-19H2,1-4H3/b25-20-. The topological polar surface area (TPSA) is 72.6 Å². The Hall–Kier alpha value is -2.15. The van der Waals surface area contributed by atoms with Crippen molar-refractivity contribution in [2.45, 2.75) is 78.1 Å². The van der Waals surface area contributed by atoms with E-state index in [0.717, 1.165) is 50.4 Å². The molecule has 0 saturated carbocycles. The molecule has 1 aromatic rings. The van der Waals surface area contributed by atoms with Crippen LogP contribution in [-0.4, -0.2) is 64.4 Å². The van der Waals surface area contributed by atoms with Gasteiger partial charge in [0.2, 0.25) is 0 Å². The number of anilines is 1. The highest BCUT2D eigenvalue weighted by molar-refractivity contribution is 8.26. The molecule has 3 rings (SSSR count). The lowest BCUT2D eigenvalue weighted by Crippen LogP contribution is -2.46. The smallest absolute Gasteiger partial charge is 0.270 e. The number of hydrogen-bond acceptors (Lipinski definition) is 7. The molecule has 7 nitrogen and oxygen atoms in total. The van der Waals surface area contributed by atoms with Crippen LogP contribution in [0.3, 0.4) is 0 Å². The van der Waals surface area contributed by atoms with Crippen molar-refractivity contribution in [3.05, 3.63) is 31.9 Å². The minimum Gasteiger partial charge on any atom is -0.355 e. The lowest BCUT2D eigenvalue weighted by atomic mass is 10.0. The predicted octanol–water partition coefficient (Wildman–Crippen LogP) is 5.44. The Morgan fingerprint density at radius 2 is 1.53 bits per heavy atom. The molecule has 0 radical (unpaired) electrons. The zero-order valence-electron chi connectivity index (χ0n) is 23.6. The van der Waals surface area contributed by atoms with Gasteiger partial charge in [-0.3, -0.25) is 19.1 Å². The first-order valence-corrected chi connectivity index (χ1v) is 15.3. The Balaban J connectivity index is 1.69. The van der Waals surface area contributed by atoms with Crippen LogP contribution in [-0.2, 0) is 11.8 Å². The summed E-state index contributed by atoms with van der Waals surface area (Å²) in [6.07, 6.45) is 14.3. The van der Waals surface area contributed by atoms with E-state index in [1.54, 1.807) is 23.4 Å². The van der Waals surface area contributed by atoms with Crippen LogP contribution in [0, 0.1) is 18.3 Å². The number of rotatable bonds is 13. The second kappa shape index (κ2) is 14.9. The molecule has 2 fully saturated rings. The van der Waals surface area contributed by atoms with E-state index in [1.165, 1.54) is 63.1 Å². The first kappa shape index (κ1) is 30.4. The van der Waals surface area contributed by atoms with Gasteiger partial charge in [-0.25, -0.2) is 0 Å². The Morgan fingerprint density at radius 3 is 2.11 bits per heavy atom. The lowest BCUT2D eigenvalue weighted by Gasteiger charge is -2.36. The monoisotopic (exact) mass is 557 g/mol. The van der Waals surface area contributed by atoms with Crippen LogP contribution >= 0.6 is 24.0 Å². The largest absolute Gasteiger partial charge is 0.355 e. The third kappa shape index (κ3) is 7.49. The number of unbranched alkanes of at least 4 members (excludes halogenated alkanes) is 9. The minimum atomic E-state index is -0.301. The van der Waals surface area contributed by atoms with Crippen LogP contribution in [0.15, 0.2) is 9.70 Å². The maximum absolute atomic E-state index is 13.4. The molecular formula is C29H43N5O2S2. The molecule has 0 bridgehead atoms. The number of likely N-dealkylation sites (N-methyl/N-ethyl adjacent to an activating group) is 1. The van der Waals surface area contributed by atoms with E-state index in [1.807, 2.05) is 6.08 Å². The van der Waals surface area contributed by atoms with Gasteiger partial charge in [-0.2, -0.15) is 5.26 Å². The number of thiocarbonyl (C=S) groups is 1. The average molecular weight is 558 g/mol. The van der Waals surface area contributed by atoms with Crippen LogP contribution in [0.5, 0.6) is 0 Å². The quantitative estimate of drug-likeness (QED) is 0.182. The molecule has 2 aliphatic rings. The Morgan fingerprint density at radius 1 is 0.947 bits per heavy atom. The number of nitrogens with zero attached hydrogens (tertiary/aromatic N) is 5. The lowest BCUT2D eigenvalue weighted by molar-refractivity contribution is -0.122. The van der Waals surface area contributed by atoms with Gasteiger partial charge in [0.15, 0.2) is 0 Å². The van der Waals surface area contributed by atoms with E-state index >= 15 is 0 Å². The molecule has 2 saturated heterocycles. The fraction of sp³-hybridized carbons (Fsp3) is 0.655. The molecule has 38 heavy (non-hydrogen) atoms. The molecule has 0 aromatic carbocycles. The highest BCUT2D eigenvalue weighted by Gasteiger charge is 2.33. The summed E-state index contributed by atoms with van der Waals surface area (Å²) in [5, 5.41) is 9.70. The van der Waals surface area contributed by atoms with E-state index in [2.05, 4.69) is 29.8 Å². The summed E-state index contributed by atoms with van der Waals surface area (Å²) in [6.45, 7) is 8.00. The Labute approximate surface area is 237 Å². The number of thioether (sulfide) groups is 1. The van der Waals surface area contributed by atoms with Gasteiger partial charge in [0.05, 0.1) is 4.91 Å². The van der Waals surface area contributed by atoms with Crippen molar-refractivity contribution >= 4 is 46.1 Å². The summed E-state index contributed by atoms with van der Waals surface area (Å²) in [7, 11) is 3.80. The van der Waals surface area contributed by atoms with E-state index in [-0.39, 0.29) is 17.0 Å². The van der Waals surface area contributed by atoms with Gasteiger partial charge in [-0.15, -0.1) is 0 Å². The molecule has 208 valence electrons. The van der Waals surface area contributed by atoms with Gasteiger partial charge in [0.25, 0.3) is 11.5 Å². The van der Waals surface area contributed by atoms with Crippen LogP contribution in [0.2, 0.25) is 0 Å². The summed E-state index contributed by atoms with van der Waals surface area (Å²) < 4.78 is 2.15. The Kier molecular flexibility index (Phi) is 11.9. The van der Waals surface area contributed by atoms with Gasteiger partial charge >= 0.3 is 0 Å². The Bertz CT molecular complexity index is 1130. The van der Waals surface area contributed by atoms with Crippen molar-refractivity contribution in [2.24, 2.45) is 7.05 Å². The van der Waals surface area contributed by atoms with Gasteiger partial charge < -0.3 is 9.80 Å². The number of aromatic nitrogens is 1. The second-order valence-electron chi connectivity index (χ2n) is 10.5. The first-order chi connectivity index (χ1) is 18.3. The number of nitriles is 1. The molecule has 1 amide bonds. The van der Waals surface area contributed by atoms with Crippen molar-refractivity contribution in [1.29, 1.82) is 5.26 Å². The highest BCUT2D eigenvalue weighted by atomic mass is 32.2. The zero-order valence-corrected chi connectivity index (χ0v) is 25.2. The summed E-state index contributed by atoms with van der Waals surface area (Å²) in [5.41, 5.74) is 1.19. The molecule has 0 unspecified atom stereocenters. The van der Waals surface area contributed by atoms with Crippen LogP contribution < -0.4 is 10.5 Å². The predicted molar refractivity (Wildman–Crippen MR) is 163 cm³/mol. The molecule has 0 N–H and O–H groups in total. The zero-order chi connectivity index (χ0) is 27.7. The number of hydrogen-bond donors (Lipinski definition) is 0. The first-order valence-electron chi connectivity index (χ1n) is 14.1. The van der Waals surface area contributed by atoms with Crippen LogP contribution in [0.4, 0.5) is 5.82 Å². The van der Waals surface area contributed by atoms with Gasteiger partial charge in [0.1, 0.15) is 21.8 Å². The number of amides is 1. The normalized spacial score (nSPS) is 17.6. The van der Waals surface area contributed by atoms with Crippen molar-refractivity contribution in [1.82, 2.24) is 14.4 Å². The number of carbonyl (C=O) groups is 1. The van der Waals surface area contributed by atoms with Gasteiger partial charge in [0, 0.05) is 45.3 Å². The van der Waals surface area contributed by atoms with Crippen molar-refractivity contribution in [3.63, 3.8) is 0 Å². The molecule has 0 spiro atoms. The number of pyridine rings is 1. The van der Waals surface area contributed by atoms with E-state index in [0.29, 0.717) is 21.3 Å². The summed E-state index contributed by atoms with van der Waals surface area (Å²) in [6, 6.07) is 2.08. The van der Waals surface area contributed by atoms with Crippen LogP contribution in [0.25, 0.3) is 6.08 Å². The third-order valence-corrected chi connectivity index (χ3v) is 9.03. The number of piperazine rings is 1. The summed E-state index contributed by atoms with van der Waals surface area (Å²) in [5.74, 6) is 0.687. The molecule has 9 heteroatoms. The van der Waals surface area contributed by atoms with E-state index in [9.17, 15) is 14.9 Å². The summed E-state index contributed by atoms with van der Waals surface area (Å²) in [4.78, 5) is 33.0. The maximum atomic E-state index is 13.4. The molecular weight excluding hydrogens is 514 g/mol. The highest BCUT2D eigenvalue weighted by Crippen LogP contribution is 2.36. The second-order valence-corrected chi connectivity index (χ2v) is 12.2. The van der Waals surface area contributed by atoms with E-state index < -0.39 is 0 Å². The van der Waals surface area contributed by atoms with Gasteiger partial charge in [-0.05, 0) is 32.0 Å².